The molecule has 19 heavy (non-hydrogen) atoms. The van der Waals surface area contributed by atoms with E-state index < -0.39 is 5.79 Å². The standard InChI is InChI=1S/C13H21NO5/c1-4-17-10(2)11-5-6-14(12(15)16-3)9-13(11)18-7-8-19-13/h11H,2,4-9H2,1,3H3. The number of carbonyl (C=O) groups is 1. The van der Waals surface area contributed by atoms with Gasteiger partial charge in [0.2, 0.25) is 0 Å². The molecule has 2 aliphatic rings. The lowest BCUT2D eigenvalue weighted by Gasteiger charge is -2.43. The molecule has 2 saturated heterocycles. The number of piperidine rings is 1. The van der Waals surface area contributed by atoms with Crippen LogP contribution in [0.5, 0.6) is 0 Å². The molecule has 1 spiro atoms. The number of methoxy groups -OCH3 is 1. The average Bonchev–Trinajstić information content (AvgIpc) is 2.86. The Kier molecular flexibility index (Phi) is 4.31. The molecule has 2 fully saturated rings. The van der Waals surface area contributed by atoms with E-state index in [-0.39, 0.29) is 12.0 Å². The van der Waals surface area contributed by atoms with Gasteiger partial charge in [0.1, 0.15) is 0 Å². The highest BCUT2D eigenvalue weighted by Gasteiger charge is 2.51. The van der Waals surface area contributed by atoms with Crippen molar-refractivity contribution in [2.45, 2.75) is 19.1 Å². The average molecular weight is 271 g/mol. The van der Waals surface area contributed by atoms with Crippen LogP contribution in [-0.2, 0) is 18.9 Å². The van der Waals surface area contributed by atoms with Crippen molar-refractivity contribution in [2.24, 2.45) is 5.92 Å². The highest BCUT2D eigenvalue weighted by atomic mass is 16.7. The number of carbonyl (C=O) groups excluding carboxylic acids is 1. The van der Waals surface area contributed by atoms with Crippen molar-refractivity contribution >= 4 is 6.09 Å². The molecule has 6 heteroatoms. The summed E-state index contributed by atoms with van der Waals surface area (Å²) in [5, 5.41) is 0. The molecule has 2 aliphatic heterocycles. The molecular weight excluding hydrogens is 250 g/mol. The normalized spacial score (nSPS) is 25.4. The van der Waals surface area contributed by atoms with Gasteiger partial charge in [0.25, 0.3) is 0 Å². The minimum Gasteiger partial charge on any atom is -0.498 e. The van der Waals surface area contributed by atoms with Crippen molar-refractivity contribution in [1.82, 2.24) is 4.90 Å². The minimum atomic E-state index is -0.835. The molecule has 0 bridgehead atoms. The third-order valence-corrected chi connectivity index (χ3v) is 3.56. The van der Waals surface area contributed by atoms with Gasteiger partial charge in [-0.15, -0.1) is 0 Å². The predicted octanol–water partition coefficient (Wildman–Crippen LogP) is 1.37. The van der Waals surface area contributed by atoms with Crippen LogP contribution in [0, 0.1) is 5.92 Å². The first-order chi connectivity index (χ1) is 9.13. The number of amides is 1. The Morgan fingerprint density at radius 2 is 2.16 bits per heavy atom. The van der Waals surface area contributed by atoms with E-state index in [9.17, 15) is 4.79 Å². The van der Waals surface area contributed by atoms with Gasteiger partial charge >= 0.3 is 6.09 Å². The first kappa shape index (κ1) is 14.1. The van der Waals surface area contributed by atoms with Gasteiger partial charge in [0.15, 0.2) is 5.79 Å². The molecule has 0 aliphatic carbocycles. The van der Waals surface area contributed by atoms with E-state index in [0.717, 1.165) is 0 Å². The van der Waals surface area contributed by atoms with Crippen molar-refractivity contribution in [1.29, 1.82) is 0 Å². The zero-order valence-electron chi connectivity index (χ0n) is 11.5. The lowest BCUT2D eigenvalue weighted by molar-refractivity contribution is -0.217. The zero-order chi connectivity index (χ0) is 13.9. The van der Waals surface area contributed by atoms with E-state index in [0.29, 0.717) is 45.1 Å². The molecule has 0 N–H and O–H groups in total. The number of rotatable bonds is 3. The van der Waals surface area contributed by atoms with Crippen LogP contribution in [0.3, 0.4) is 0 Å². The summed E-state index contributed by atoms with van der Waals surface area (Å²) in [7, 11) is 1.37. The minimum absolute atomic E-state index is 0.0594. The van der Waals surface area contributed by atoms with Crippen molar-refractivity contribution < 1.29 is 23.7 Å². The molecule has 2 rings (SSSR count). The van der Waals surface area contributed by atoms with Crippen molar-refractivity contribution in [3.05, 3.63) is 12.3 Å². The summed E-state index contributed by atoms with van der Waals surface area (Å²) in [5.74, 6) is -0.233. The number of ether oxygens (including phenoxy) is 4. The van der Waals surface area contributed by atoms with Crippen LogP contribution in [-0.4, -0.2) is 56.8 Å². The van der Waals surface area contributed by atoms with Crippen LogP contribution in [0.4, 0.5) is 4.79 Å². The van der Waals surface area contributed by atoms with Crippen LogP contribution in [0.2, 0.25) is 0 Å². The van der Waals surface area contributed by atoms with Crippen LogP contribution < -0.4 is 0 Å². The molecular formula is C13H21NO5. The monoisotopic (exact) mass is 271 g/mol. The van der Waals surface area contributed by atoms with E-state index in [1.807, 2.05) is 6.92 Å². The first-order valence-electron chi connectivity index (χ1n) is 6.55. The summed E-state index contributed by atoms with van der Waals surface area (Å²) in [4.78, 5) is 13.2. The second-order valence-corrected chi connectivity index (χ2v) is 4.64. The maximum Gasteiger partial charge on any atom is 0.409 e. The Morgan fingerprint density at radius 3 is 2.74 bits per heavy atom. The maximum atomic E-state index is 11.6. The van der Waals surface area contributed by atoms with E-state index >= 15 is 0 Å². The summed E-state index contributed by atoms with van der Waals surface area (Å²) in [6.07, 6.45) is 0.326. The number of hydrogen-bond donors (Lipinski definition) is 0. The molecule has 108 valence electrons. The quantitative estimate of drug-likeness (QED) is 0.726. The first-order valence-corrected chi connectivity index (χ1v) is 6.55. The van der Waals surface area contributed by atoms with Gasteiger partial charge in [-0.3, -0.25) is 0 Å². The fourth-order valence-electron chi connectivity index (χ4n) is 2.70. The van der Waals surface area contributed by atoms with Crippen LogP contribution in [0.1, 0.15) is 13.3 Å². The van der Waals surface area contributed by atoms with Gasteiger partial charge < -0.3 is 23.8 Å². The zero-order valence-corrected chi connectivity index (χ0v) is 11.5. The number of hydrogen-bond acceptors (Lipinski definition) is 5. The van der Waals surface area contributed by atoms with Gasteiger partial charge in [-0.1, -0.05) is 6.58 Å². The summed E-state index contributed by atoms with van der Waals surface area (Å²) < 4.78 is 21.8. The van der Waals surface area contributed by atoms with Crippen LogP contribution in [0.25, 0.3) is 0 Å². The Balaban J connectivity index is 2.13. The molecule has 0 aromatic carbocycles. The lowest BCUT2D eigenvalue weighted by Crippen LogP contribution is -2.56. The SMILES string of the molecule is C=C(OCC)C1CCN(C(=O)OC)CC12OCCO2. The second-order valence-electron chi connectivity index (χ2n) is 4.64. The maximum absolute atomic E-state index is 11.6. The Morgan fingerprint density at radius 1 is 1.47 bits per heavy atom. The summed E-state index contributed by atoms with van der Waals surface area (Å²) in [6, 6.07) is 0. The van der Waals surface area contributed by atoms with Crippen molar-refractivity contribution in [3.63, 3.8) is 0 Å². The Labute approximate surface area is 113 Å². The third kappa shape index (κ3) is 2.69. The fraction of sp³-hybridized carbons (Fsp3) is 0.769. The van der Waals surface area contributed by atoms with Gasteiger partial charge in [-0.25, -0.2) is 4.79 Å². The van der Waals surface area contributed by atoms with E-state index in [2.05, 4.69) is 6.58 Å². The molecule has 0 aromatic rings. The summed E-state index contributed by atoms with van der Waals surface area (Å²) >= 11 is 0. The van der Waals surface area contributed by atoms with Gasteiger partial charge in [0.05, 0.1) is 45.2 Å². The molecule has 2 heterocycles. The highest BCUT2D eigenvalue weighted by Crippen LogP contribution is 2.39. The topological polar surface area (TPSA) is 57.2 Å². The summed E-state index contributed by atoms with van der Waals surface area (Å²) in [6.45, 7) is 8.40. The number of nitrogens with zero attached hydrogens (tertiary/aromatic N) is 1. The largest absolute Gasteiger partial charge is 0.498 e. The Hall–Kier alpha value is -1.27. The predicted molar refractivity (Wildman–Crippen MR) is 67.5 cm³/mol. The molecule has 0 radical (unpaired) electrons. The molecule has 0 saturated carbocycles. The smallest absolute Gasteiger partial charge is 0.409 e. The van der Waals surface area contributed by atoms with E-state index in [4.69, 9.17) is 18.9 Å². The molecule has 1 atom stereocenters. The van der Waals surface area contributed by atoms with Crippen molar-refractivity contribution in [3.8, 4) is 0 Å². The van der Waals surface area contributed by atoms with E-state index in [1.165, 1.54) is 7.11 Å². The Bertz CT molecular complexity index is 351. The van der Waals surface area contributed by atoms with E-state index in [1.54, 1.807) is 4.90 Å². The number of likely N-dealkylation sites (tertiary alicyclic amines) is 1. The molecule has 6 nitrogen and oxygen atoms in total. The van der Waals surface area contributed by atoms with Crippen LogP contribution in [0.15, 0.2) is 12.3 Å². The lowest BCUT2D eigenvalue weighted by atomic mass is 9.89. The molecule has 0 aromatic heterocycles. The van der Waals surface area contributed by atoms with Crippen LogP contribution >= 0.6 is 0 Å². The highest BCUT2D eigenvalue weighted by molar-refractivity contribution is 5.67. The fourth-order valence-corrected chi connectivity index (χ4v) is 2.70. The van der Waals surface area contributed by atoms with Gasteiger partial charge in [-0.2, -0.15) is 0 Å². The molecule has 1 unspecified atom stereocenters. The van der Waals surface area contributed by atoms with Gasteiger partial charge in [0, 0.05) is 6.54 Å². The van der Waals surface area contributed by atoms with Crippen molar-refractivity contribution in [2.75, 3.05) is 40.0 Å². The second kappa shape index (κ2) is 5.79. The third-order valence-electron chi connectivity index (χ3n) is 3.56. The van der Waals surface area contributed by atoms with Gasteiger partial charge in [-0.05, 0) is 13.3 Å². The summed E-state index contributed by atoms with van der Waals surface area (Å²) in [5.41, 5.74) is 0. The molecule has 1 amide bonds.